The molecule has 0 radical (unpaired) electrons. The highest BCUT2D eigenvalue weighted by Gasteiger charge is 2.06. The molecule has 0 unspecified atom stereocenters. The summed E-state index contributed by atoms with van der Waals surface area (Å²) in [7, 11) is 0. The molecule has 17 heavy (non-hydrogen) atoms. The second kappa shape index (κ2) is 5.31. The van der Waals surface area contributed by atoms with Crippen molar-refractivity contribution in [3.63, 3.8) is 0 Å². The molecule has 2 aromatic heterocycles. The Bertz CT molecular complexity index is 535. The lowest BCUT2D eigenvalue weighted by atomic mass is 10.3. The van der Waals surface area contributed by atoms with Crippen molar-refractivity contribution in [2.24, 2.45) is 0 Å². The monoisotopic (exact) mass is 270 g/mol. The number of halogens is 2. The first-order valence-electron chi connectivity index (χ1n) is 4.72. The molecule has 0 amide bonds. The zero-order valence-corrected chi connectivity index (χ0v) is 10.1. The first-order chi connectivity index (χ1) is 8.19. The van der Waals surface area contributed by atoms with E-state index in [2.05, 4.69) is 9.97 Å². The maximum Gasteiger partial charge on any atom is 0.238 e. The molecule has 2 aromatic rings. The molecule has 0 aliphatic heterocycles. The Morgan fingerprint density at radius 3 is 2.65 bits per heavy atom. The molecule has 6 heteroatoms. The Labute approximate surface area is 108 Å². The smallest absolute Gasteiger partial charge is 0.238 e. The van der Waals surface area contributed by atoms with Gasteiger partial charge in [0.25, 0.3) is 0 Å². The summed E-state index contributed by atoms with van der Waals surface area (Å²) in [6, 6.07) is 3.19. The molecular weight excluding hydrogens is 263 g/mol. The van der Waals surface area contributed by atoms with Gasteiger partial charge < -0.3 is 9.84 Å². The molecule has 0 aliphatic rings. The van der Waals surface area contributed by atoms with Crippen molar-refractivity contribution in [3.05, 3.63) is 46.3 Å². The minimum Gasteiger partial charge on any atom is -0.436 e. The van der Waals surface area contributed by atoms with Crippen LogP contribution in [0.4, 0.5) is 0 Å². The highest BCUT2D eigenvalue weighted by molar-refractivity contribution is 6.32. The van der Waals surface area contributed by atoms with Crippen LogP contribution in [0, 0.1) is 0 Å². The van der Waals surface area contributed by atoms with Gasteiger partial charge in [-0.15, -0.1) is 0 Å². The number of hydrogen-bond acceptors (Lipinski definition) is 4. The largest absolute Gasteiger partial charge is 0.436 e. The zero-order valence-electron chi connectivity index (χ0n) is 8.60. The van der Waals surface area contributed by atoms with E-state index in [-0.39, 0.29) is 12.5 Å². The average Bonchev–Trinajstić information content (AvgIpc) is 2.32. The van der Waals surface area contributed by atoms with Gasteiger partial charge in [-0.1, -0.05) is 23.2 Å². The number of nitrogens with zero attached hydrogens (tertiary/aromatic N) is 2. The minimum atomic E-state index is -0.119. The van der Waals surface area contributed by atoms with E-state index in [9.17, 15) is 0 Å². The molecule has 2 rings (SSSR count). The van der Waals surface area contributed by atoms with Crippen LogP contribution in [0.1, 0.15) is 5.56 Å². The van der Waals surface area contributed by atoms with Crippen molar-refractivity contribution in [3.8, 4) is 11.6 Å². The lowest BCUT2D eigenvalue weighted by Gasteiger charge is -2.06. The molecular formula is C11H8Cl2N2O2. The molecule has 0 saturated heterocycles. The Hall–Kier alpha value is -1.36. The quantitative estimate of drug-likeness (QED) is 0.932. The van der Waals surface area contributed by atoms with Gasteiger partial charge in [0, 0.05) is 18.5 Å². The maximum absolute atomic E-state index is 8.91. The average molecular weight is 271 g/mol. The topological polar surface area (TPSA) is 55.2 Å². The van der Waals surface area contributed by atoms with Gasteiger partial charge in [-0.3, -0.25) is 4.98 Å². The summed E-state index contributed by atoms with van der Waals surface area (Å²) in [4.78, 5) is 7.86. The van der Waals surface area contributed by atoms with Crippen molar-refractivity contribution in [2.45, 2.75) is 6.61 Å². The number of hydrogen-bond donors (Lipinski definition) is 1. The number of ether oxygens (including phenoxy) is 1. The number of pyridine rings is 2. The van der Waals surface area contributed by atoms with E-state index in [4.69, 9.17) is 33.0 Å². The lowest BCUT2D eigenvalue weighted by Crippen LogP contribution is -1.92. The molecule has 88 valence electrons. The zero-order chi connectivity index (χ0) is 12.3. The van der Waals surface area contributed by atoms with E-state index in [1.54, 1.807) is 12.1 Å². The molecule has 2 heterocycles. The summed E-state index contributed by atoms with van der Waals surface area (Å²) in [5.74, 6) is 0.691. The Balaban J connectivity index is 2.24. The normalized spacial score (nSPS) is 10.3. The second-order valence-electron chi connectivity index (χ2n) is 3.23. The standard InChI is InChI=1S/C11H8Cl2N2O2/c12-8-2-9(5-14-4-8)17-11-10(13)1-7(6-16)3-15-11/h1-5,16H,6H2. The Morgan fingerprint density at radius 2 is 2.00 bits per heavy atom. The SMILES string of the molecule is OCc1cnc(Oc2cncc(Cl)c2)c(Cl)c1. The van der Waals surface area contributed by atoms with Crippen LogP contribution < -0.4 is 4.74 Å². The van der Waals surface area contributed by atoms with Gasteiger partial charge in [0.2, 0.25) is 5.88 Å². The van der Waals surface area contributed by atoms with Gasteiger partial charge in [0.05, 0.1) is 17.8 Å². The summed E-state index contributed by atoms with van der Waals surface area (Å²) >= 11 is 11.7. The van der Waals surface area contributed by atoms with Crippen molar-refractivity contribution in [1.82, 2.24) is 9.97 Å². The van der Waals surface area contributed by atoms with Crippen LogP contribution in [0.25, 0.3) is 0 Å². The van der Waals surface area contributed by atoms with Crippen LogP contribution in [0.2, 0.25) is 10.0 Å². The van der Waals surface area contributed by atoms with Crippen LogP contribution in [0.5, 0.6) is 11.6 Å². The Morgan fingerprint density at radius 1 is 1.18 bits per heavy atom. The summed E-state index contributed by atoms with van der Waals surface area (Å²) < 4.78 is 5.42. The number of aliphatic hydroxyl groups excluding tert-OH is 1. The number of rotatable bonds is 3. The molecule has 1 N–H and O–H groups in total. The van der Waals surface area contributed by atoms with Gasteiger partial charge in [0.15, 0.2) is 0 Å². The van der Waals surface area contributed by atoms with E-state index < -0.39 is 0 Å². The highest BCUT2D eigenvalue weighted by atomic mass is 35.5. The predicted molar refractivity (Wildman–Crippen MR) is 64.5 cm³/mol. The molecule has 0 aliphatic carbocycles. The lowest BCUT2D eigenvalue weighted by molar-refractivity contribution is 0.281. The minimum absolute atomic E-state index is 0.119. The van der Waals surface area contributed by atoms with Gasteiger partial charge in [-0.25, -0.2) is 4.98 Å². The van der Waals surface area contributed by atoms with Crippen molar-refractivity contribution in [1.29, 1.82) is 0 Å². The van der Waals surface area contributed by atoms with E-state index >= 15 is 0 Å². The summed E-state index contributed by atoms with van der Waals surface area (Å²) in [5, 5.41) is 9.69. The first kappa shape index (κ1) is 12.1. The summed E-state index contributed by atoms with van der Waals surface area (Å²) in [6.07, 6.45) is 4.49. The highest BCUT2D eigenvalue weighted by Crippen LogP contribution is 2.28. The summed E-state index contributed by atoms with van der Waals surface area (Å²) in [5.41, 5.74) is 0.617. The Kier molecular flexibility index (Phi) is 3.78. The summed E-state index contributed by atoms with van der Waals surface area (Å²) in [6.45, 7) is -0.119. The van der Waals surface area contributed by atoms with Gasteiger partial charge in [0.1, 0.15) is 10.8 Å². The first-order valence-corrected chi connectivity index (χ1v) is 5.48. The van der Waals surface area contributed by atoms with Gasteiger partial charge >= 0.3 is 0 Å². The molecule has 0 atom stereocenters. The third-order valence-corrected chi connectivity index (χ3v) is 2.42. The van der Waals surface area contributed by atoms with Crippen molar-refractivity contribution < 1.29 is 9.84 Å². The second-order valence-corrected chi connectivity index (χ2v) is 4.07. The fraction of sp³-hybridized carbons (Fsp3) is 0.0909. The van der Waals surface area contributed by atoms with Crippen LogP contribution in [0.15, 0.2) is 30.7 Å². The fourth-order valence-electron chi connectivity index (χ4n) is 1.19. The van der Waals surface area contributed by atoms with Crippen LogP contribution >= 0.6 is 23.2 Å². The number of aliphatic hydroxyl groups is 1. The number of aromatic nitrogens is 2. The fourth-order valence-corrected chi connectivity index (χ4v) is 1.58. The molecule has 0 fully saturated rings. The molecule has 0 bridgehead atoms. The van der Waals surface area contributed by atoms with E-state index in [1.165, 1.54) is 18.6 Å². The third-order valence-electron chi connectivity index (χ3n) is 1.94. The van der Waals surface area contributed by atoms with Gasteiger partial charge in [-0.2, -0.15) is 0 Å². The van der Waals surface area contributed by atoms with Crippen molar-refractivity contribution in [2.75, 3.05) is 0 Å². The van der Waals surface area contributed by atoms with E-state index in [0.29, 0.717) is 21.4 Å². The van der Waals surface area contributed by atoms with Gasteiger partial charge in [-0.05, 0) is 11.6 Å². The van der Waals surface area contributed by atoms with E-state index in [1.807, 2.05) is 0 Å². The van der Waals surface area contributed by atoms with E-state index in [0.717, 1.165) is 0 Å². The van der Waals surface area contributed by atoms with Crippen molar-refractivity contribution >= 4 is 23.2 Å². The predicted octanol–water partition coefficient (Wildman–Crippen LogP) is 3.07. The maximum atomic E-state index is 8.91. The third kappa shape index (κ3) is 3.06. The van der Waals surface area contributed by atoms with Crippen LogP contribution in [0.3, 0.4) is 0 Å². The van der Waals surface area contributed by atoms with Crippen LogP contribution in [-0.2, 0) is 6.61 Å². The van der Waals surface area contributed by atoms with Crippen LogP contribution in [-0.4, -0.2) is 15.1 Å². The molecule has 4 nitrogen and oxygen atoms in total. The molecule has 0 spiro atoms. The molecule has 0 aromatic carbocycles. The molecule has 0 saturated carbocycles.